The van der Waals surface area contributed by atoms with Gasteiger partial charge in [0.1, 0.15) is 5.82 Å². The number of carbonyl (C=O) groups is 1. The van der Waals surface area contributed by atoms with Crippen LogP contribution in [0.2, 0.25) is 0 Å². The number of anilines is 1. The van der Waals surface area contributed by atoms with Crippen molar-refractivity contribution in [3.63, 3.8) is 0 Å². The van der Waals surface area contributed by atoms with E-state index in [4.69, 9.17) is 9.47 Å². The second-order valence-corrected chi connectivity index (χ2v) is 6.48. The van der Waals surface area contributed by atoms with E-state index in [2.05, 4.69) is 20.1 Å². The monoisotopic (exact) mass is 332 g/mol. The smallest absolute Gasteiger partial charge is 0.234 e. The van der Waals surface area contributed by atoms with E-state index < -0.39 is 0 Å². The van der Waals surface area contributed by atoms with E-state index in [0.29, 0.717) is 29.0 Å². The van der Waals surface area contributed by atoms with Crippen molar-refractivity contribution in [2.45, 2.75) is 31.0 Å². The van der Waals surface area contributed by atoms with Crippen LogP contribution in [0.1, 0.15) is 24.7 Å². The first-order chi connectivity index (χ1) is 11.2. The number of nitrogens with one attached hydrogen (secondary N) is 1. The summed E-state index contributed by atoms with van der Waals surface area (Å²) < 4.78 is 12.7. The summed E-state index contributed by atoms with van der Waals surface area (Å²) in [6, 6.07) is 5.86. The molecule has 2 aliphatic rings. The third kappa shape index (κ3) is 2.98. The molecule has 0 radical (unpaired) electrons. The molecule has 1 saturated carbocycles. The molecule has 23 heavy (non-hydrogen) atoms. The zero-order valence-corrected chi connectivity index (χ0v) is 13.4. The van der Waals surface area contributed by atoms with Gasteiger partial charge in [0.05, 0.1) is 5.75 Å². The van der Waals surface area contributed by atoms with Gasteiger partial charge in [-0.2, -0.15) is 0 Å². The standard InChI is InChI=1S/C15H16N4O3S/c1-9-17-18-15(19(9)11-3-4-11)23-7-14(20)16-10-2-5-12-13(6-10)22-8-21-12/h2,5-6,11H,3-4,7-8H2,1H3,(H,16,20). The molecule has 0 atom stereocenters. The van der Waals surface area contributed by atoms with Crippen LogP contribution in [-0.2, 0) is 4.79 Å². The largest absolute Gasteiger partial charge is 0.454 e. The van der Waals surface area contributed by atoms with E-state index in [9.17, 15) is 4.79 Å². The van der Waals surface area contributed by atoms with Gasteiger partial charge in [-0.1, -0.05) is 11.8 Å². The highest BCUT2D eigenvalue weighted by atomic mass is 32.2. The predicted octanol–water partition coefficient (Wildman–Crippen LogP) is 2.38. The van der Waals surface area contributed by atoms with Crippen LogP contribution in [0.15, 0.2) is 23.4 Å². The molecule has 1 aromatic carbocycles. The van der Waals surface area contributed by atoms with Crippen LogP contribution in [0.5, 0.6) is 11.5 Å². The Morgan fingerprint density at radius 1 is 1.35 bits per heavy atom. The van der Waals surface area contributed by atoms with Gasteiger partial charge in [-0.15, -0.1) is 10.2 Å². The van der Waals surface area contributed by atoms with Gasteiger partial charge in [0.15, 0.2) is 16.7 Å². The Kier molecular flexibility index (Phi) is 3.60. The van der Waals surface area contributed by atoms with E-state index in [1.54, 1.807) is 18.2 Å². The average molecular weight is 332 g/mol. The summed E-state index contributed by atoms with van der Waals surface area (Å²) in [5.41, 5.74) is 0.694. The Morgan fingerprint density at radius 3 is 3.00 bits per heavy atom. The minimum absolute atomic E-state index is 0.0862. The lowest BCUT2D eigenvalue weighted by Gasteiger charge is -2.07. The zero-order valence-electron chi connectivity index (χ0n) is 12.6. The number of ether oxygens (including phenoxy) is 2. The summed E-state index contributed by atoms with van der Waals surface area (Å²) in [7, 11) is 0. The molecule has 1 aliphatic heterocycles. The zero-order chi connectivity index (χ0) is 15.8. The van der Waals surface area contributed by atoms with Gasteiger partial charge < -0.3 is 19.4 Å². The summed E-state index contributed by atoms with van der Waals surface area (Å²) in [6.07, 6.45) is 2.33. The van der Waals surface area contributed by atoms with Crippen LogP contribution in [0, 0.1) is 6.92 Å². The maximum absolute atomic E-state index is 12.1. The summed E-state index contributed by atoms with van der Waals surface area (Å²) in [5, 5.41) is 11.9. The average Bonchev–Trinajstić information content (AvgIpc) is 3.14. The Hall–Kier alpha value is -2.22. The van der Waals surface area contributed by atoms with Crippen molar-refractivity contribution >= 4 is 23.4 Å². The second kappa shape index (κ2) is 5.77. The number of thioether (sulfide) groups is 1. The Balaban J connectivity index is 1.37. The lowest BCUT2D eigenvalue weighted by Crippen LogP contribution is -2.14. The van der Waals surface area contributed by atoms with Crippen molar-refractivity contribution in [3.05, 3.63) is 24.0 Å². The molecule has 2 aromatic rings. The molecule has 0 spiro atoms. The van der Waals surface area contributed by atoms with Gasteiger partial charge in [0.2, 0.25) is 12.7 Å². The number of rotatable bonds is 5. The van der Waals surface area contributed by atoms with Crippen LogP contribution in [0.4, 0.5) is 5.69 Å². The summed E-state index contributed by atoms with van der Waals surface area (Å²) in [4.78, 5) is 12.1. The fourth-order valence-corrected chi connectivity index (χ4v) is 3.35. The fourth-order valence-electron chi connectivity index (χ4n) is 2.50. The third-order valence-electron chi connectivity index (χ3n) is 3.74. The molecular weight excluding hydrogens is 316 g/mol. The molecule has 1 aromatic heterocycles. The number of hydrogen-bond acceptors (Lipinski definition) is 6. The molecule has 0 saturated heterocycles. The molecule has 1 aliphatic carbocycles. The van der Waals surface area contributed by atoms with Gasteiger partial charge >= 0.3 is 0 Å². The predicted molar refractivity (Wildman–Crippen MR) is 84.9 cm³/mol. The number of fused-ring (bicyclic) bond motifs is 1. The Morgan fingerprint density at radius 2 is 2.17 bits per heavy atom. The number of hydrogen-bond donors (Lipinski definition) is 1. The van der Waals surface area contributed by atoms with Crippen LogP contribution in [0.3, 0.4) is 0 Å². The highest BCUT2D eigenvalue weighted by Gasteiger charge is 2.28. The second-order valence-electron chi connectivity index (χ2n) is 5.54. The SMILES string of the molecule is Cc1nnc(SCC(=O)Nc2ccc3c(c2)OCO3)n1C1CC1. The normalized spacial score (nSPS) is 15.7. The van der Waals surface area contributed by atoms with Crippen LogP contribution >= 0.6 is 11.8 Å². The fraction of sp³-hybridized carbons (Fsp3) is 0.400. The van der Waals surface area contributed by atoms with E-state index in [1.807, 2.05) is 6.92 Å². The van der Waals surface area contributed by atoms with E-state index in [-0.39, 0.29) is 12.7 Å². The van der Waals surface area contributed by atoms with Gasteiger partial charge in [0, 0.05) is 17.8 Å². The minimum Gasteiger partial charge on any atom is -0.454 e. The molecule has 120 valence electrons. The van der Waals surface area contributed by atoms with Gasteiger partial charge in [-0.3, -0.25) is 4.79 Å². The van der Waals surface area contributed by atoms with E-state index in [0.717, 1.165) is 23.8 Å². The number of nitrogens with zero attached hydrogens (tertiary/aromatic N) is 3. The number of amides is 1. The lowest BCUT2D eigenvalue weighted by atomic mass is 10.3. The highest BCUT2D eigenvalue weighted by molar-refractivity contribution is 7.99. The van der Waals surface area contributed by atoms with Crippen LogP contribution < -0.4 is 14.8 Å². The Labute approximate surface area is 137 Å². The quantitative estimate of drug-likeness (QED) is 0.847. The minimum atomic E-state index is -0.0862. The maximum atomic E-state index is 12.1. The highest BCUT2D eigenvalue weighted by Crippen LogP contribution is 2.38. The van der Waals surface area contributed by atoms with E-state index in [1.165, 1.54) is 11.8 Å². The van der Waals surface area contributed by atoms with Gasteiger partial charge in [-0.25, -0.2) is 0 Å². The topological polar surface area (TPSA) is 78.3 Å². The number of carbonyl (C=O) groups excluding carboxylic acids is 1. The van der Waals surface area contributed by atoms with Gasteiger partial charge in [-0.05, 0) is 31.9 Å². The summed E-state index contributed by atoms with van der Waals surface area (Å²) in [6.45, 7) is 2.17. The molecular formula is C15H16N4O3S. The molecule has 1 amide bonds. The first-order valence-electron chi connectivity index (χ1n) is 7.44. The van der Waals surface area contributed by atoms with Crippen molar-refractivity contribution in [2.24, 2.45) is 0 Å². The van der Waals surface area contributed by atoms with Crippen molar-refractivity contribution in [2.75, 3.05) is 17.9 Å². The van der Waals surface area contributed by atoms with Crippen molar-refractivity contribution in [1.82, 2.24) is 14.8 Å². The Bertz CT molecular complexity index is 757. The third-order valence-corrected chi connectivity index (χ3v) is 4.68. The summed E-state index contributed by atoms with van der Waals surface area (Å²) in [5.74, 6) is 2.47. The number of aromatic nitrogens is 3. The first-order valence-corrected chi connectivity index (χ1v) is 8.43. The molecule has 0 bridgehead atoms. The van der Waals surface area contributed by atoms with Crippen molar-refractivity contribution < 1.29 is 14.3 Å². The molecule has 8 heteroatoms. The van der Waals surface area contributed by atoms with Crippen LogP contribution in [0.25, 0.3) is 0 Å². The molecule has 0 unspecified atom stereocenters. The summed E-state index contributed by atoms with van der Waals surface area (Å²) >= 11 is 1.41. The first kappa shape index (κ1) is 14.4. The van der Waals surface area contributed by atoms with Crippen molar-refractivity contribution in [1.29, 1.82) is 0 Å². The molecule has 1 N–H and O–H groups in total. The molecule has 2 heterocycles. The number of aryl methyl sites for hydroxylation is 1. The molecule has 7 nitrogen and oxygen atoms in total. The van der Waals surface area contributed by atoms with Crippen molar-refractivity contribution in [3.8, 4) is 11.5 Å². The number of benzene rings is 1. The molecule has 1 fully saturated rings. The maximum Gasteiger partial charge on any atom is 0.234 e. The molecule has 4 rings (SSSR count). The van der Waals surface area contributed by atoms with Crippen LogP contribution in [-0.4, -0.2) is 33.2 Å². The van der Waals surface area contributed by atoms with Gasteiger partial charge in [0.25, 0.3) is 0 Å². The lowest BCUT2D eigenvalue weighted by molar-refractivity contribution is -0.113. The van der Waals surface area contributed by atoms with E-state index >= 15 is 0 Å².